The van der Waals surface area contributed by atoms with Crippen molar-refractivity contribution in [3.63, 3.8) is 0 Å². The third-order valence-corrected chi connectivity index (χ3v) is 4.07. The molecule has 23 heavy (non-hydrogen) atoms. The van der Waals surface area contributed by atoms with Crippen molar-refractivity contribution in [3.8, 4) is 0 Å². The fourth-order valence-electron chi connectivity index (χ4n) is 2.58. The lowest BCUT2D eigenvalue weighted by Gasteiger charge is -2.16. The summed E-state index contributed by atoms with van der Waals surface area (Å²) in [6, 6.07) is -1.21. The topological polar surface area (TPSA) is 86.6 Å². The Bertz CT molecular complexity index is 318. The Morgan fingerprint density at radius 2 is 1.30 bits per heavy atom. The van der Waals surface area contributed by atoms with Crippen LogP contribution in [-0.4, -0.2) is 34.2 Å². The number of aliphatic carboxylic acids is 1. The molecule has 0 rings (SSSR count). The van der Waals surface area contributed by atoms with Gasteiger partial charge in [-0.3, -0.25) is 4.79 Å². The van der Waals surface area contributed by atoms with Crippen LogP contribution in [0.5, 0.6) is 0 Å². The van der Waals surface area contributed by atoms with E-state index in [4.69, 9.17) is 5.11 Å². The van der Waals surface area contributed by atoms with Gasteiger partial charge in [-0.2, -0.15) is 0 Å². The minimum Gasteiger partial charge on any atom is -0.480 e. The smallest absolute Gasteiger partial charge is 0.328 e. The van der Waals surface area contributed by atoms with E-state index in [0.717, 1.165) is 19.3 Å². The van der Waals surface area contributed by atoms with E-state index < -0.39 is 18.1 Å². The molecule has 2 atom stereocenters. The van der Waals surface area contributed by atoms with Gasteiger partial charge in [-0.05, 0) is 13.3 Å². The number of hydrogen-bond donors (Lipinski definition) is 3. The number of rotatable bonds is 15. The molecule has 0 heterocycles. The Morgan fingerprint density at radius 1 is 0.870 bits per heavy atom. The first-order chi connectivity index (χ1) is 11.0. The molecule has 1 amide bonds. The van der Waals surface area contributed by atoms with Gasteiger partial charge in [0, 0.05) is 6.42 Å². The molecule has 0 aromatic rings. The summed E-state index contributed by atoms with van der Waals surface area (Å²) in [6.45, 7) is 3.59. The van der Waals surface area contributed by atoms with Crippen LogP contribution in [0.25, 0.3) is 0 Å². The van der Waals surface area contributed by atoms with E-state index in [9.17, 15) is 14.7 Å². The summed E-state index contributed by atoms with van der Waals surface area (Å²) in [7, 11) is 0. The SMILES string of the molecule is CCCCCCCCCCCCCC(=O)NC(C(=O)O)C(C)O. The summed E-state index contributed by atoms with van der Waals surface area (Å²) in [6.07, 6.45) is 12.6. The first-order valence-corrected chi connectivity index (χ1v) is 9.19. The van der Waals surface area contributed by atoms with E-state index in [1.54, 1.807) is 0 Å². The molecule has 0 aliphatic heterocycles. The molecule has 0 fully saturated rings. The minimum atomic E-state index is -1.21. The number of aliphatic hydroxyl groups excluding tert-OH is 1. The van der Waals surface area contributed by atoms with Crippen LogP contribution in [0.2, 0.25) is 0 Å². The zero-order valence-corrected chi connectivity index (χ0v) is 14.9. The lowest BCUT2D eigenvalue weighted by Crippen LogP contribution is -2.47. The normalized spacial score (nSPS) is 13.5. The van der Waals surface area contributed by atoms with Gasteiger partial charge in [-0.15, -0.1) is 0 Å². The Kier molecular flexibility index (Phi) is 13.8. The fourth-order valence-corrected chi connectivity index (χ4v) is 2.58. The molecule has 5 nitrogen and oxygen atoms in total. The van der Waals surface area contributed by atoms with Gasteiger partial charge in [0.05, 0.1) is 6.10 Å². The molecule has 136 valence electrons. The Balaban J connectivity index is 3.47. The zero-order valence-electron chi connectivity index (χ0n) is 14.9. The first kappa shape index (κ1) is 21.9. The van der Waals surface area contributed by atoms with Crippen molar-refractivity contribution in [2.24, 2.45) is 0 Å². The minimum absolute atomic E-state index is 0.297. The first-order valence-electron chi connectivity index (χ1n) is 9.19. The lowest BCUT2D eigenvalue weighted by molar-refractivity contribution is -0.144. The van der Waals surface area contributed by atoms with Gasteiger partial charge in [0.25, 0.3) is 0 Å². The summed E-state index contributed by atoms with van der Waals surface area (Å²) in [5.41, 5.74) is 0. The number of hydrogen-bond acceptors (Lipinski definition) is 3. The van der Waals surface area contributed by atoms with E-state index in [0.29, 0.717) is 6.42 Å². The Hall–Kier alpha value is -1.10. The summed E-state index contributed by atoms with van der Waals surface area (Å²) in [4.78, 5) is 22.5. The van der Waals surface area contributed by atoms with Gasteiger partial charge in [-0.25, -0.2) is 4.79 Å². The summed E-state index contributed by atoms with van der Waals surface area (Å²) >= 11 is 0. The van der Waals surface area contributed by atoms with Crippen molar-refractivity contribution in [1.29, 1.82) is 0 Å². The van der Waals surface area contributed by atoms with Crippen LogP contribution >= 0.6 is 0 Å². The number of carboxylic acid groups (broad SMARTS) is 1. The molecule has 0 radical (unpaired) electrons. The van der Waals surface area contributed by atoms with Crippen molar-refractivity contribution in [1.82, 2.24) is 5.32 Å². The van der Waals surface area contributed by atoms with E-state index in [-0.39, 0.29) is 5.91 Å². The van der Waals surface area contributed by atoms with Crippen LogP contribution in [0, 0.1) is 0 Å². The molecule has 5 heteroatoms. The van der Waals surface area contributed by atoms with E-state index in [2.05, 4.69) is 12.2 Å². The van der Waals surface area contributed by atoms with Crippen LogP contribution in [-0.2, 0) is 9.59 Å². The number of unbranched alkanes of at least 4 members (excludes halogenated alkanes) is 10. The summed E-state index contributed by atoms with van der Waals surface area (Å²) in [5.74, 6) is -1.50. The maximum absolute atomic E-state index is 11.6. The standard InChI is InChI=1S/C18H35NO4/c1-3-4-5-6-7-8-9-10-11-12-13-14-16(21)19-17(15(2)20)18(22)23/h15,17,20H,3-14H2,1-2H3,(H,19,21)(H,22,23). The van der Waals surface area contributed by atoms with Crippen molar-refractivity contribution in [2.75, 3.05) is 0 Å². The highest BCUT2D eigenvalue weighted by atomic mass is 16.4. The molecule has 0 aliphatic rings. The largest absolute Gasteiger partial charge is 0.480 e. The average molecular weight is 329 g/mol. The van der Waals surface area contributed by atoms with Gasteiger partial charge in [0.2, 0.25) is 5.91 Å². The van der Waals surface area contributed by atoms with Crippen LogP contribution in [0.15, 0.2) is 0 Å². The second-order valence-electron chi connectivity index (χ2n) is 6.41. The predicted molar refractivity (Wildman–Crippen MR) is 92.3 cm³/mol. The highest BCUT2D eigenvalue weighted by Crippen LogP contribution is 2.12. The molecule has 0 saturated carbocycles. The van der Waals surface area contributed by atoms with Crippen LogP contribution in [0.1, 0.15) is 90.9 Å². The Morgan fingerprint density at radius 3 is 1.70 bits per heavy atom. The molecule has 0 spiro atoms. The number of aliphatic hydroxyl groups is 1. The molecule has 3 N–H and O–H groups in total. The van der Waals surface area contributed by atoms with Gasteiger partial charge in [0.1, 0.15) is 0 Å². The van der Waals surface area contributed by atoms with Crippen LogP contribution < -0.4 is 5.32 Å². The number of carbonyl (C=O) groups excluding carboxylic acids is 1. The molecular weight excluding hydrogens is 294 g/mol. The second kappa shape index (κ2) is 14.5. The van der Waals surface area contributed by atoms with E-state index >= 15 is 0 Å². The molecule has 0 saturated heterocycles. The number of nitrogens with one attached hydrogen (secondary N) is 1. The highest BCUT2D eigenvalue weighted by Gasteiger charge is 2.24. The van der Waals surface area contributed by atoms with Gasteiger partial charge < -0.3 is 15.5 Å². The number of amides is 1. The highest BCUT2D eigenvalue weighted by molar-refractivity contribution is 5.83. The molecule has 0 aromatic carbocycles. The van der Waals surface area contributed by atoms with Crippen LogP contribution in [0.3, 0.4) is 0 Å². The Labute approximate surface area is 140 Å². The molecule has 0 aromatic heterocycles. The number of carboxylic acids is 1. The molecule has 0 bridgehead atoms. The van der Waals surface area contributed by atoms with E-state index in [1.807, 2.05) is 0 Å². The molecule has 0 aliphatic carbocycles. The van der Waals surface area contributed by atoms with E-state index in [1.165, 1.54) is 58.3 Å². The van der Waals surface area contributed by atoms with Crippen LogP contribution in [0.4, 0.5) is 0 Å². The maximum Gasteiger partial charge on any atom is 0.328 e. The average Bonchev–Trinajstić information content (AvgIpc) is 2.49. The molecule has 2 unspecified atom stereocenters. The van der Waals surface area contributed by atoms with Gasteiger partial charge in [-0.1, -0.05) is 71.1 Å². The van der Waals surface area contributed by atoms with Crippen molar-refractivity contribution in [2.45, 2.75) is 103 Å². The molecular formula is C18H35NO4. The summed E-state index contributed by atoms with van der Waals surface area (Å²) < 4.78 is 0. The van der Waals surface area contributed by atoms with Gasteiger partial charge >= 0.3 is 5.97 Å². The monoisotopic (exact) mass is 329 g/mol. The third kappa shape index (κ3) is 13.1. The second-order valence-corrected chi connectivity index (χ2v) is 6.41. The lowest BCUT2D eigenvalue weighted by atomic mass is 10.1. The summed E-state index contributed by atoms with van der Waals surface area (Å²) in [5, 5.41) is 20.5. The zero-order chi connectivity index (χ0) is 17.5. The van der Waals surface area contributed by atoms with Crippen molar-refractivity contribution in [3.05, 3.63) is 0 Å². The predicted octanol–water partition coefficient (Wildman–Crippen LogP) is 3.64. The quantitative estimate of drug-likeness (QED) is 0.400. The van der Waals surface area contributed by atoms with Crippen molar-refractivity contribution >= 4 is 11.9 Å². The third-order valence-electron chi connectivity index (χ3n) is 4.07. The maximum atomic E-state index is 11.6. The van der Waals surface area contributed by atoms with Crippen molar-refractivity contribution < 1.29 is 19.8 Å². The van der Waals surface area contributed by atoms with Gasteiger partial charge in [0.15, 0.2) is 6.04 Å². The fraction of sp³-hybridized carbons (Fsp3) is 0.889. The number of carbonyl (C=O) groups is 2.